The number of carbonyl (C=O) groups excluding carboxylic acids is 1. The lowest BCUT2D eigenvalue weighted by Gasteiger charge is -2.19. The van der Waals surface area contributed by atoms with E-state index >= 15 is 0 Å². The number of rotatable bonds is 3. The summed E-state index contributed by atoms with van der Waals surface area (Å²) in [7, 11) is 1.66. The zero-order valence-corrected chi connectivity index (χ0v) is 11.9. The molecule has 0 saturated carbocycles. The van der Waals surface area contributed by atoms with Gasteiger partial charge in [0.2, 0.25) is 5.95 Å². The number of amides is 1. The average Bonchev–Trinajstić information content (AvgIpc) is 2.41. The van der Waals surface area contributed by atoms with E-state index in [1.54, 1.807) is 13.1 Å². The third kappa shape index (κ3) is 3.02. The van der Waals surface area contributed by atoms with Gasteiger partial charge in [-0.25, -0.2) is 4.98 Å². The van der Waals surface area contributed by atoms with Gasteiger partial charge in [0, 0.05) is 19.8 Å². The quantitative estimate of drug-likeness (QED) is 0.804. The highest BCUT2D eigenvalue weighted by Gasteiger charge is 2.17. The van der Waals surface area contributed by atoms with Crippen LogP contribution in [0.15, 0.2) is 36.5 Å². The Hall–Kier alpha value is -2.23. The minimum absolute atomic E-state index is 0.000218. The van der Waals surface area contributed by atoms with E-state index in [2.05, 4.69) is 11.1 Å². The molecule has 3 nitrogen and oxygen atoms in total. The van der Waals surface area contributed by atoms with Crippen molar-refractivity contribution in [2.24, 2.45) is 0 Å². The van der Waals surface area contributed by atoms with Crippen LogP contribution in [0.25, 0.3) is 0 Å². The summed E-state index contributed by atoms with van der Waals surface area (Å²) in [5.41, 5.74) is 3.35. The van der Waals surface area contributed by atoms with Crippen LogP contribution in [-0.4, -0.2) is 22.8 Å². The molecule has 0 aliphatic carbocycles. The number of benzene rings is 1. The van der Waals surface area contributed by atoms with Crippen molar-refractivity contribution in [2.75, 3.05) is 7.05 Å². The van der Waals surface area contributed by atoms with E-state index < -0.39 is 5.95 Å². The molecular formula is C16H17FN2O. The smallest absolute Gasteiger partial charge is 0.258 e. The van der Waals surface area contributed by atoms with Gasteiger partial charge in [-0.3, -0.25) is 4.79 Å². The van der Waals surface area contributed by atoms with E-state index in [0.717, 1.165) is 11.1 Å². The second-order valence-corrected chi connectivity index (χ2v) is 4.93. The van der Waals surface area contributed by atoms with Gasteiger partial charge in [-0.1, -0.05) is 23.8 Å². The molecule has 0 bridgehead atoms. The van der Waals surface area contributed by atoms with Gasteiger partial charge in [0.1, 0.15) is 0 Å². The molecule has 0 fully saturated rings. The topological polar surface area (TPSA) is 33.2 Å². The Balaban J connectivity index is 2.18. The van der Waals surface area contributed by atoms with Gasteiger partial charge >= 0.3 is 0 Å². The Kier molecular flexibility index (Phi) is 4.13. The third-order valence-corrected chi connectivity index (χ3v) is 3.24. The van der Waals surface area contributed by atoms with Crippen molar-refractivity contribution in [2.45, 2.75) is 20.4 Å². The van der Waals surface area contributed by atoms with Crippen molar-refractivity contribution in [3.63, 3.8) is 0 Å². The van der Waals surface area contributed by atoms with Crippen molar-refractivity contribution in [1.29, 1.82) is 0 Å². The zero-order valence-electron chi connectivity index (χ0n) is 11.9. The first-order valence-electron chi connectivity index (χ1n) is 6.41. The summed E-state index contributed by atoms with van der Waals surface area (Å²) < 4.78 is 13.5. The van der Waals surface area contributed by atoms with Crippen molar-refractivity contribution in [3.05, 3.63) is 64.7 Å². The summed E-state index contributed by atoms with van der Waals surface area (Å²) in [6.45, 7) is 4.47. The monoisotopic (exact) mass is 272 g/mol. The third-order valence-electron chi connectivity index (χ3n) is 3.24. The van der Waals surface area contributed by atoms with E-state index in [9.17, 15) is 9.18 Å². The standard InChI is InChI=1S/C16H17FN2O/c1-11-6-7-13(12(2)9-11)10-19(3)16(20)14-5-4-8-18-15(14)17/h4-9H,10H2,1-3H3. The summed E-state index contributed by atoms with van der Waals surface area (Å²) in [5.74, 6) is -1.10. The number of aromatic nitrogens is 1. The summed E-state index contributed by atoms with van der Waals surface area (Å²) in [6, 6.07) is 9.07. The van der Waals surface area contributed by atoms with Crippen LogP contribution in [0.5, 0.6) is 0 Å². The summed E-state index contributed by atoms with van der Waals surface area (Å²) in [5, 5.41) is 0. The molecule has 2 aromatic rings. The molecule has 0 spiro atoms. The molecule has 1 heterocycles. The van der Waals surface area contributed by atoms with Crippen LogP contribution in [0, 0.1) is 19.8 Å². The Morgan fingerprint density at radius 3 is 2.70 bits per heavy atom. The molecule has 2 rings (SSSR count). The predicted molar refractivity (Wildman–Crippen MR) is 75.9 cm³/mol. The van der Waals surface area contributed by atoms with E-state index in [4.69, 9.17) is 0 Å². The fraction of sp³-hybridized carbons (Fsp3) is 0.250. The number of aryl methyl sites for hydroxylation is 2. The molecule has 0 aliphatic rings. The number of hydrogen-bond donors (Lipinski definition) is 0. The molecule has 1 amide bonds. The number of halogens is 1. The Morgan fingerprint density at radius 2 is 2.05 bits per heavy atom. The molecule has 0 unspecified atom stereocenters. The summed E-state index contributed by atoms with van der Waals surface area (Å²) in [4.78, 5) is 17.2. The largest absolute Gasteiger partial charge is 0.337 e. The van der Waals surface area contributed by atoms with Gasteiger partial charge in [0.15, 0.2) is 0 Å². The van der Waals surface area contributed by atoms with E-state index in [1.165, 1.54) is 22.7 Å². The van der Waals surface area contributed by atoms with Crippen LogP contribution in [0.2, 0.25) is 0 Å². The lowest BCUT2D eigenvalue weighted by molar-refractivity contribution is 0.0779. The second-order valence-electron chi connectivity index (χ2n) is 4.93. The van der Waals surface area contributed by atoms with Crippen LogP contribution in [0.1, 0.15) is 27.0 Å². The maximum atomic E-state index is 13.5. The lowest BCUT2D eigenvalue weighted by Crippen LogP contribution is -2.27. The van der Waals surface area contributed by atoms with Gasteiger partial charge < -0.3 is 4.90 Å². The van der Waals surface area contributed by atoms with Gasteiger partial charge in [-0.15, -0.1) is 0 Å². The minimum atomic E-state index is -0.732. The van der Waals surface area contributed by atoms with Gasteiger partial charge in [-0.05, 0) is 37.1 Å². The molecule has 0 N–H and O–H groups in total. The van der Waals surface area contributed by atoms with Gasteiger partial charge in [0.05, 0.1) is 5.56 Å². The normalized spacial score (nSPS) is 10.4. The maximum Gasteiger partial charge on any atom is 0.258 e. The molecule has 4 heteroatoms. The van der Waals surface area contributed by atoms with E-state index in [0.29, 0.717) is 6.54 Å². The van der Waals surface area contributed by atoms with Gasteiger partial charge in [-0.2, -0.15) is 4.39 Å². The highest BCUT2D eigenvalue weighted by molar-refractivity contribution is 5.93. The van der Waals surface area contributed by atoms with Crippen LogP contribution in [0.3, 0.4) is 0 Å². The predicted octanol–water partition coefficient (Wildman–Crippen LogP) is 3.11. The lowest BCUT2D eigenvalue weighted by atomic mass is 10.1. The Labute approximate surface area is 118 Å². The van der Waals surface area contributed by atoms with Crippen LogP contribution in [-0.2, 0) is 6.54 Å². The van der Waals surface area contributed by atoms with Crippen molar-refractivity contribution >= 4 is 5.91 Å². The minimum Gasteiger partial charge on any atom is -0.337 e. The Bertz CT molecular complexity index is 640. The second kappa shape index (κ2) is 5.82. The summed E-state index contributed by atoms with van der Waals surface area (Å²) >= 11 is 0. The van der Waals surface area contributed by atoms with Crippen molar-refractivity contribution in [3.8, 4) is 0 Å². The molecule has 1 aromatic heterocycles. The van der Waals surface area contributed by atoms with Crippen molar-refractivity contribution in [1.82, 2.24) is 9.88 Å². The first kappa shape index (κ1) is 14.2. The van der Waals surface area contributed by atoms with E-state index in [1.807, 2.05) is 26.0 Å². The number of carbonyl (C=O) groups is 1. The average molecular weight is 272 g/mol. The van der Waals surface area contributed by atoms with Crippen LogP contribution < -0.4 is 0 Å². The number of hydrogen-bond acceptors (Lipinski definition) is 2. The molecule has 0 aliphatic heterocycles. The Morgan fingerprint density at radius 1 is 1.30 bits per heavy atom. The number of nitrogens with zero attached hydrogens (tertiary/aromatic N) is 2. The molecule has 104 valence electrons. The first-order chi connectivity index (χ1) is 9.49. The molecular weight excluding hydrogens is 255 g/mol. The van der Waals surface area contributed by atoms with Crippen LogP contribution >= 0.6 is 0 Å². The maximum absolute atomic E-state index is 13.5. The van der Waals surface area contributed by atoms with Crippen molar-refractivity contribution < 1.29 is 9.18 Å². The molecule has 0 saturated heterocycles. The number of pyridine rings is 1. The van der Waals surface area contributed by atoms with Crippen LogP contribution in [0.4, 0.5) is 4.39 Å². The highest BCUT2D eigenvalue weighted by atomic mass is 19.1. The molecule has 0 radical (unpaired) electrons. The molecule has 1 aromatic carbocycles. The fourth-order valence-corrected chi connectivity index (χ4v) is 2.10. The van der Waals surface area contributed by atoms with E-state index in [-0.39, 0.29) is 11.5 Å². The molecule has 20 heavy (non-hydrogen) atoms. The fourth-order valence-electron chi connectivity index (χ4n) is 2.10. The zero-order chi connectivity index (χ0) is 14.7. The SMILES string of the molecule is Cc1ccc(CN(C)C(=O)c2cccnc2F)c(C)c1. The summed E-state index contributed by atoms with van der Waals surface area (Å²) in [6.07, 6.45) is 1.33. The van der Waals surface area contributed by atoms with Gasteiger partial charge in [0.25, 0.3) is 5.91 Å². The first-order valence-corrected chi connectivity index (χ1v) is 6.41. The highest BCUT2D eigenvalue weighted by Crippen LogP contribution is 2.14. The molecule has 0 atom stereocenters.